The van der Waals surface area contributed by atoms with Crippen molar-refractivity contribution in [2.24, 2.45) is 5.73 Å². The fourth-order valence-corrected chi connectivity index (χ4v) is 1.65. The van der Waals surface area contributed by atoms with E-state index in [1.807, 2.05) is 6.92 Å². The van der Waals surface area contributed by atoms with Crippen LogP contribution in [0.25, 0.3) is 0 Å². The van der Waals surface area contributed by atoms with Crippen molar-refractivity contribution in [1.29, 1.82) is 0 Å². The van der Waals surface area contributed by atoms with E-state index in [0.717, 1.165) is 26.2 Å². The Kier molecular flexibility index (Phi) is 9.35. The Labute approximate surface area is 88.6 Å². The average Bonchev–Trinajstić information content (AvgIpc) is 2.18. The molecular weight excluding hydrogens is 176 g/mol. The zero-order valence-corrected chi connectivity index (χ0v) is 9.96. The summed E-state index contributed by atoms with van der Waals surface area (Å²) < 4.78 is 5.55. The van der Waals surface area contributed by atoms with Gasteiger partial charge in [0.1, 0.15) is 0 Å². The third kappa shape index (κ3) is 6.35. The monoisotopic (exact) mass is 202 g/mol. The summed E-state index contributed by atoms with van der Waals surface area (Å²) in [7, 11) is 0. The molecule has 0 saturated heterocycles. The molecule has 14 heavy (non-hydrogen) atoms. The number of ether oxygens (including phenoxy) is 1. The number of hydrogen-bond donors (Lipinski definition) is 1. The summed E-state index contributed by atoms with van der Waals surface area (Å²) >= 11 is 0. The van der Waals surface area contributed by atoms with E-state index in [1.165, 1.54) is 12.8 Å². The van der Waals surface area contributed by atoms with Crippen molar-refractivity contribution < 1.29 is 4.74 Å². The predicted octanol–water partition coefficient (Wildman–Crippen LogP) is 1.47. The van der Waals surface area contributed by atoms with Crippen LogP contribution in [0.5, 0.6) is 0 Å². The van der Waals surface area contributed by atoms with Gasteiger partial charge in [-0.25, -0.2) is 0 Å². The van der Waals surface area contributed by atoms with Crippen LogP contribution in [0.4, 0.5) is 0 Å². The van der Waals surface area contributed by atoms with Crippen LogP contribution in [0.15, 0.2) is 0 Å². The molecule has 1 unspecified atom stereocenters. The fourth-order valence-electron chi connectivity index (χ4n) is 1.65. The van der Waals surface area contributed by atoms with Crippen LogP contribution in [0, 0.1) is 0 Å². The number of rotatable bonds is 9. The highest BCUT2D eigenvalue weighted by Crippen LogP contribution is 1.99. The quantitative estimate of drug-likeness (QED) is 0.615. The van der Waals surface area contributed by atoms with Crippen molar-refractivity contribution in [3.63, 3.8) is 0 Å². The minimum Gasteiger partial charge on any atom is -0.376 e. The van der Waals surface area contributed by atoms with Crippen molar-refractivity contribution in [3.05, 3.63) is 0 Å². The van der Waals surface area contributed by atoms with Crippen LogP contribution < -0.4 is 5.73 Å². The predicted molar refractivity (Wildman–Crippen MR) is 61.5 cm³/mol. The number of nitrogens with two attached hydrogens (primary N) is 1. The second-order valence-electron chi connectivity index (χ2n) is 3.61. The molecule has 1 atom stereocenters. The van der Waals surface area contributed by atoms with E-state index in [4.69, 9.17) is 10.5 Å². The molecule has 0 rings (SSSR count). The molecule has 0 heterocycles. The normalized spacial score (nSPS) is 13.5. The van der Waals surface area contributed by atoms with Crippen LogP contribution in [-0.2, 0) is 4.74 Å². The molecule has 0 aliphatic heterocycles. The molecule has 86 valence electrons. The molecule has 0 radical (unpaired) electrons. The maximum absolute atomic E-state index is 5.65. The fraction of sp³-hybridized carbons (Fsp3) is 1.00. The first-order chi connectivity index (χ1) is 6.78. The van der Waals surface area contributed by atoms with Gasteiger partial charge in [0.25, 0.3) is 0 Å². The number of nitrogens with zero attached hydrogens (tertiary/aromatic N) is 1. The molecule has 0 aromatic heterocycles. The van der Waals surface area contributed by atoms with Gasteiger partial charge in [0, 0.05) is 19.7 Å². The molecule has 0 saturated carbocycles. The Morgan fingerprint density at radius 2 is 1.71 bits per heavy atom. The lowest BCUT2D eigenvalue weighted by molar-refractivity contribution is 0.0392. The topological polar surface area (TPSA) is 38.5 Å². The molecule has 0 aliphatic rings. The van der Waals surface area contributed by atoms with Gasteiger partial charge < -0.3 is 15.4 Å². The van der Waals surface area contributed by atoms with Gasteiger partial charge in [0.2, 0.25) is 0 Å². The highest BCUT2D eigenvalue weighted by molar-refractivity contribution is 4.66. The minimum absolute atomic E-state index is 0.207. The van der Waals surface area contributed by atoms with Gasteiger partial charge in [-0.2, -0.15) is 0 Å². The molecule has 0 aromatic carbocycles. The van der Waals surface area contributed by atoms with Crippen LogP contribution in [0.1, 0.15) is 33.6 Å². The molecule has 2 N–H and O–H groups in total. The third-order valence-corrected chi connectivity index (χ3v) is 2.21. The summed E-state index contributed by atoms with van der Waals surface area (Å²) in [4.78, 5) is 2.44. The van der Waals surface area contributed by atoms with Gasteiger partial charge in [-0.15, -0.1) is 0 Å². The minimum atomic E-state index is 0.207. The van der Waals surface area contributed by atoms with Crippen molar-refractivity contribution in [2.45, 2.75) is 39.7 Å². The Bertz CT molecular complexity index is 114. The van der Waals surface area contributed by atoms with E-state index in [9.17, 15) is 0 Å². The van der Waals surface area contributed by atoms with Crippen LogP contribution >= 0.6 is 0 Å². The van der Waals surface area contributed by atoms with Crippen LogP contribution in [-0.4, -0.2) is 43.8 Å². The Hall–Kier alpha value is -0.120. The van der Waals surface area contributed by atoms with E-state index >= 15 is 0 Å². The van der Waals surface area contributed by atoms with E-state index in [2.05, 4.69) is 18.7 Å². The van der Waals surface area contributed by atoms with Crippen molar-refractivity contribution >= 4 is 0 Å². The Balaban J connectivity index is 3.83. The van der Waals surface area contributed by atoms with Crippen molar-refractivity contribution in [1.82, 2.24) is 4.90 Å². The van der Waals surface area contributed by atoms with E-state index in [1.54, 1.807) is 0 Å². The first kappa shape index (κ1) is 13.9. The van der Waals surface area contributed by atoms with Gasteiger partial charge >= 0.3 is 0 Å². The van der Waals surface area contributed by atoms with Gasteiger partial charge in [-0.05, 0) is 32.9 Å². The summed E-state index contributed by atoms with van der Waals surface area (Å²) in [6.45, 7) is 11.1. The van der Waals surface area contributed by atoms with E-state index in [0.29, 0.717) is 6.54 Å². The van der Waals surface area contributed by atoms with Crippen LogP contribution in [0.2, 0.25) is 0 Å². The second kappa shape index (κ2) is 9.44. The summed E-state index contributed by atoms with van der Waals surface area (Å²) in [5.41, 5.74) is 5.65. The van der Waals surface area contributed by atoms with E-state index < -0.39 is 0 Å². The van der Waals surface area contributed by atoms with Gasteiger partial charge in [-0.3, -0.25) is 0 Å². The third-order valence-electron chi connectivity index (χ3n) is 2.21. The lowest BCUT2D eigenvalue weighted by Crippen LogP contribution is -2.39. The SMILES string of the molecule is CCCN(CCC)CC(CN)OCC. The molecule has 0 spiro atoms. The lowest BCUT2D eigenvalue weighted by atomic mass is 10.3. The van der Waals surface area contributed by atoms with Gasteiger partial charge in [0.05, 0.1) is 6.10 Å². The van der Waals surface area contributed by atoms with Crippen LogP contribution in [0.3, 0.4) is 0 Å². The van der Waals surface area contributed by atoms with Gasteiger partial charge in [-0.1, -0.05) is 13.8 Å². The maximum atomic E-state index is 5.65. The molecule has 3 heteroatoms. The molecule has 0 fully saturated rings. The Morgan fingerprint density at radius 1 is 1.14 bits per heavy atom. The summed E-state index contributed by atoms with van der Waals surface area (Å²) in [6.07, 6.45) is 2.60. The first-order valence-corrected chi connectivity index (χ1v) is 5.82. The average molecular weight is 202 g/mol. The molecule has 3 nitrogen and oxygen atoms in total. The first-order valence-electron chi connectivity index (χ1n) is 5.82. The lowest BCUT2D eigenvalue weighted by Gasteiger charge is -2.25. The molecule has 0 bridgehead atoms. The summed E-state index contributed by atoms with van der Waals surface area (Å²) in [6, 6.07) is 0. The molecule has 0 aliphatic carbocycles. The molecule has 0 amide bonds. The standard InChI is InChI=1S/C11H26N2O/c1-4-7-13(8-5-2)10-11(9-12)14-6-3/h11H,4-10,12H2,1-3H3. The molecule has 0 aromatic rings. The summed E-state index contributed by atoms with van der Waals surface area (Å²) in [5.74, 6) is 0. The van der Waals surface area contributed by atoms with Crippen molar-refractivity contribution in [3.8, 4) is 0 Å². The molecular formula is C11H26N2O. The highest BCUT2D eigenvalue weighted by Gasteiger charge is 2.11. The summed E-state index contributed by atoms with van der Waals surface area (Å²) in [5, 5.41) is 0. The zero-order valence-electron chi connectivity index (χ0n) is 9.96. The maximum Gasteiger partial charge on any atom is 0.0823 e. The smallest absolute Gasteiger partial charge is 0.0823 e. The van der Waals surface area contributed by atoms with Crippen molar-refractivity contribution in [2.75, 3.05) is 32.8 Å². The second-order valence-corrected chi connectivity index (χ2v) is 3.61. The highest BCUT2D eigenvalue weighted by atomic mass is 16.5. The number of hydrogen-bond acceptors (Lipinski definition) is 3. The van der Waals surface area contributed by atoms with E-state index in [-0.39, 0.29) is 6.10 Å². The van der Waals surface area contributed by atoms with Gasteiger partial charge in [0.15, 0.2) is 0 Å². The Morgan fingerprint density at radius 3 is 2.07 bits per heavy atom. The zero-order chi connectivity index (χ0) is 10.8. The largest absolute Gasteiger partial charge is 0.376 e.